The summed E-state index contributed by atoms with van der Waals surface area (Å²) in [7, 11) is 0. The highest BCUT2D eigenvalue weighted by Gasteiger charge is 2.32. The second kappa shape index (κ2) is 10.1. The van der Waals surface area contributed by atoms with Crippen LogP contribution in [-0.4, -0.2) is 30.0 Å². The molecule has 1 aliphatic heterocycles. The maximum Gasteiger partial charge on any atom is 0.329 e. The molecule has 1 aliphatic rings. The highest BCUT2D eigenvalue weighted by molar-refractivity contribution is 14.1. The van der Waals surface area contributed by atoms with Gasteiger partial charge >= 0.3 is 6.03 Å². The zero-order valence-electron chi connectivity index (χ0n) is 18.1. The lowest BCUT2D eigenvalue weighted by Gasteiger charge is -2.16. The van der Waals surface area contributed by atoms with Gasteiger partial charge in [-0.05, 0) is 69.6 Å². The second-order valence-electron chi connectivity index (χ2n) is 7.38. The van der Waals surface area contributed by atoms with Gasteiger partial charge in [0.2, 0.25) is 0 Å². The lowest BCUT2D eigenvalue weighted by atomic mass is 10.1. The van der Waals surface area contributed by atoms with Crippen molar-refractivity contribution in [2.75, 3.05) is 13.2 Å². The Bertz CT molecular complexity index is 1260. The minimum Gasteiger partial charge on any atom is -0.490 e. The number of fused-ring (bicyclic) bond motifs is 1. The van der Waals surface area contributed by atoms with Crippen LogP contribution in [0.5, 0.6) is 11.5 Å². The third-order valence-electron chi connectivity index (χ3n) is 5.17. The van der Waals surface area contributed by atoms with Crippen LogP contribution in [0, 0.1) is 3.57 Å². The van der Waals surface area contributed by atoms with Crippen LogP contribution >= 0.6 is 22.6 Å². The fraction of sp³-hybridized carbons (Fsp3) is 0.154. The Morgan fingerprint density at radius 2 is 1.88 bits per heavy atom. The van der Waals surface area contributed by atoms with Gasteiger partial charge in [-0.1, -0.05) is 48.5 Å². The van der Waals surface area contributed by atoms with Gasteiger partial charge in [0, 0.05) is 6.54 Å². The standard InChI is InChI=1S/C26H23IN2O4/c1-3-12-29-25(30)22(28-26(29)31)14-17-13-21(27)24(23(15-17)32-4-2)33-16-19-10-7-9-18-8-5-6-11-20(18)19/h3,5-11,13-15H,1,4,12,16H2,2H3,(H,28,31)/b22-14+. The second-order valence-corrected chi connectivity index (χ2v) is 8.54. The Kier molecular flexibility index (Phi) is 6.98. The number of ether oxygens (including phenoxy) is 2. The van der Waals surface area contributed by atoms with E-state index < -0.39 is 6.03 Å². The molecule has 3 aromatic rings. The summed E-state index contributed by atoms with van der Waals surface area (Å²) in [6.07, 6.45) is 3.15. The van der Waals surface area contributed by atoms with E-state index in [0.29, 0.717) is 24.7 Å². The Hall–Kier alpha value is -3.33. The van der Waals surface area contributed by atoms with Gasteiger partial charge in [-0.3, -0.25) is 9.69 Å². The van der Waals surface area contributed by atoms with Crippen molar-refractivity contribution < 1.29 is 19.1 Å². The van der Waals surface area contributed by atoms with Crippen molar-refractivity contribution in [1.82, 2.24) is 10.2 Å². The molecule has 0 atom stereocenters. The molecule has 0 spiro atoms. The fourth-order valence-corrected chi connectivity index (χ4v) is 4.46. The van der Waals surface area contributed by atoms with E-state index in [1.165, 1.54) is 6.08 Å². The van der Waals surface area contributed by atoms with Crippen molar-refractivity contribution in [3.8, 4) is 11.5 Å². The number of rotatable bonds is 8. The first-order valence-corrected chi connectivity index (χ1v) is 11.6. The van der Waals surface area contributed by atoms with Crippen LogP contribution in [0.25, 0.3) is 16.8 Å². The summed E-state index contributed by atoms with van der Waals surface area (Å²) >= 11 is 2.20. The molecule has 3 aromatic carbocycles. The predicted molar refractivity (Wildman–Crippen MR) is 137 cm³/mol. The van der Waals surface area contributed by atoms with Gasteiger partial charge in [0.1, 0.15) is 12.3 Å². The normalized spacial score (nSPS) is 14.6. The summed E-state index contributed by atoms with van der Waals surface area (Å²) in [6.45, 7) is 6.50. The fourth-order valence-electron chi connectivity index (χ4n) is 3.68. The Morgan fingerprint density at radius 1 is 1.09 bits per heavy atom. The third-order valence-corrected chi connectivity index (χ3v) is 5.97. The highest BCUT2D eigenvalue weighted by Crippen LogP contribution is 2.36. The van der Waals surface area contributed by atoms with Crippen molar-refractivity contribution in [2.45, 2.75) is 13.5 Å². The number of amides is 3. The van der Waals surface area contributed by atoms with Crippen LogP contribution in [-0.2, 0) is 11.4 Å². The molecule has 0 aliphatic carbocycles. The average molecular weight is 554 g/mol. The van der Waals surface area contributed by atoms with Crippen molar-refractivity contribution in [1.29, 1.82) is 0 Å². The van der Waals surface area contributed by atoms with Gasteiger partial charge in [-0.15, -0.1) is 6.58 Å². The molecule has 7 heteroatoms. The van der Waals surface area contributed by atoms with E-state index in [2.05, 4.69) is 58.8 Å². The number of hydrogen-bond acceptors (Lipinski definition) is 4. The molecule has 4 rings (SSSR count). The summed E-state index contributed by atoms with van der Waals surface area (Å²) in [6, 6.07) is 17.6. The number of nitrogens with zero attached hydrogens (tertiary/aromatic N) is 1. The number of benzene rings is 3. The van der Waals surface area contributed by atoms with E-state index in [4.69, 9.17) is 9.47 Å². The molecule has 0 bridgehead atoms. The smallest absolute Gasteiger partial charge is 0.329 e. The van der Waals surface area contributed by atoms with E-state index in [1.54, 1.807) is 6.08 Å². The molecule has 33 heavy (non-hydrogen) atoms. The zero-order chi connectivity index (χ0) is 23.4. The number of carbonyl (C=O) groups is 2. The summed E-state index contributed by atoms with van der Waals surface area (Å²) in [4.78, 5) is 25.7. The predicted octanol–water partition coefficient (Wildman–Crippen LogP) is 5.50. The molecule has 1 heterocycles. The Morgan fingerprint density at radius 3 is 2.67 bits per heavy atom. The molecule has 1 fully saturated rings. The number of nitrogens with one attached hydrogen (secondary N) is 1. The summed E-state index contributed by atoms with van der Waals surface area (Å²) in [5.41, 5.74) is 2.02. The van der Waals surface area contributed by atoms with Gasteiger partial charge in [0.15, 0.2) is 11.5 Å². The monoisotopic (exact) mass is 554 g/mol. The first-order chi connectivity index (χ1) is 16.0. The van der Waals surface area contributed by atoms with E-state index in [0.717, 1.165) is 30.4 Å². The maximum atomic E-state index is 12.5. The molecule has 1 saturated heterocycles. The van der Waals surface area contributed by atoms with E-state index in [9.17, 15) is 9.59 Å². The summed E-state index contributed by atoms with van der Waals surface area (Å²) in [5, 5.41) is 4.92. The molecule has 0 aromatic heterocycles. The topological polar surface area (TPSA) is 67.9 Å². The molecule has 0 unspecified atom stereocenters. The van der Waals surface area contributed by atoms with Crippen LogP contribution in [0.4, 0.5) is 4.79 Å². The molecule has 3 amide bonds. The molecular formula is C26H23IN2O4. The quantitative estimate of drug-likeness (QED) is 0.173. The number of imide groups is 1. The molecule has 168 valence electrons. The van der Waals surface area contributed by atoms with Crippen molar-refractivity contribution >= 4 is 51.4 Å². The molecule has 6 nitrogen and oxygen atoms in total. The van der Waals surface area contributed by atoms with Gasteiger partial charge in [0.25, 0.3) is 5.91 Å². The average Bonchev–Trinajstić information content (AvgIpc) is 3.06. The minimum atomic E-state index is -0.457. The molecule has 0 saturated carbocycles. The molecule has 1 N–H and O–H groups in total. The van der Waals surface area contributed by atoms with Gasteiger partial charge in [-0.2, -0.15) is 0 Å². The number of carbonyl (C=O) groups excluding carboxylic acids is 2. The number of hydrogen-bond donors (Lipinski definition) is 1. The van der Waals surface area contributed by atoms with Crippen LogP contribution in [0.2, 0.25) is 0 Å². The van der Waals surface area contributed by atoms with E-state index in [1.807, 2.05) is 37.3 Å². The SMILES string of the molecule is C=CCN1C(=O)N/C(=C/c2cc(I)c(OCc3cccc4ccccc34)c(OCC)c2)C1=O. The van der Waals surface area contributed by atoms with Crippen molar-refractivity contribution in [3.05, 3.63) is 87.6 Å². The number of halogens is 1. The summed E-state index contributed by atoms with van der Waals surface area (Å²) in [5.74, 6) is 0.836. The zero-order valence-corrected chi connectivity index (χ0v) is 20.3. The third kappa shape index (κ3) is 4.88. The lowest BCUT2D eigenvalue weighted by molar-refractivity contribution is -0.122. The Labute approximate surface area is 206 Å². The molecule has 0 radical (unpaired) electrons. The van der Waals surface area contributed by atoms with Gasteiger partial charge < -0.3 is 14.8 Å². The van der Waals surface area contributed by atoms with E-state index in [-0.39, 0.29) is 18.1 Å². The largest absolute Gasteiger partial charge is 0.490 e. The summed E-state index contributed by atoms with van der Waals surface area (Å²) < 4.78 is 12.9. The minimum absolute atomic E-state index is 0.157. The maximum absolute atomic E-state index is 12.5. The highest BCUT2D eigenvalue weighted by atomic mass is 127. The van der Waals surface area contributed by atoms with Crippen LogP contribution in [0.3, 0.4) is 0 Å². The van der Waals surface area contributed by atoms with Crippen LogP contribution in [0.15, 0.2) is 72.9 Å². The van der Waals surface area contributed by atoms with Crippen LogP contribution < -0.4 is 14.8 Å². The van der Waals surface area contributed by atoms with Crippen molar-refractivity contribution in [3.63, 3.8) is 0 Å². The Balaban J connectivity index is 1.62. The lowest BCUT2D eigenvalue weighted by Crippen LogP contribution is -2.30. The molecular weight excluding hydrogens is 531 g/mol. The van der Waals surface area contributed by atoms with Crippen molar-refractivity contribution in [2.24, 2.45) is 0 Å². The first-order valence-electron chi connectivity index (χ1n) is 10.5. The van der Waals surface area contributed by atoms with E-state index >= 15 is 0 Å². The first kappa shape index (κ1) is 22.8. The number of urea groups is 1. The van der Waals surface area contributed by atoms with Gasteiger partial charge in [-0.25, -0.2) is 4.79 Å². The van der Waals surface area contributed by atoms with Crippen LogP contribution in [0.1, 0.15) is 18.1 Å². The van der Waals surface area contributed by atoms with Gasteiger partial charge in [0.05, 0.1) is 10.2 Å².